The molecule has 3 aromatic carbocycles. The normalized spacial score (nSPS) is 10.3. The maximum Gasteiger partial charge on any atom is 0.122 e. The summed E-state index contributed by atoms with van der Waals surface area (Å²) in [5.74, 6) is 1.72. The van der Waals surface area contributed by atoms with Crippen LogP contribution in [0.4, 0.5) is 5.69 Å². The first kappa shape index (κ1) is 16.9. The summed E-state index contributed by atoms with van der Waals surface area (Å²) in [4.78, 5) is 0. The second-order valence-corrected chi connectivity index (χ2v) is 5.88. The van der Waals surface area contributed by atoms with E-state index in [1.165, 1.54) is 11.1 Å². The molecule has 0 aliphatic carbocycles. The molecule has 3 aromatic rings. The Labute approximate surface area is 149 Å². The van der Waals surface area contributed by atoms with Crippen LogP contribution < -0.4 is 14.8 Å². The molecule has 0 unspecified atom stereocenters. The molecule has 0 aromatic heterocycles. The zero-order chi connectivity index (χ0) is 17.3. The van der Waals surface area contributed by atoms with Gasteiger partial charge in [0.1, 0.15) is 24.7 Å². The lowest BCUT2D eigenvalue weighted by Crippen LogP contribution is -2.09. The summed E-state index contributed by atoms with van der Waals surface area (Å²) in [6, 6.07) is 26.3. The molecule has 0 radical (unpaired) electrons. The Morgan fingerprint density at radius 1 is 0.720 bits per heavy atom. The van der Waals surface area contributed by atoms with Gasteiger partial charge in [-0.05, 0) is 48.9 Å². The van der Waals surface area contributed by atoms with Crippen LogP contribution in [0.5, 0.6) is 11.5 Å². The lowest BCUT2D eigenvalue weighted by molar-refractivity contribution is 0.217. The van der Waals surface area contributed by atoms with E-state index in [9.17, 15) is 0 Å². The molecule has 3 heteroatoms. The molecule has 25 heavy (non-hydrogen) atoms. The van der Waals surface area contributed by atoms with Gasteiger partial charge in [0.25, 0.3) is 0 Å². The van der Waals surface area contributed by atoms with E-state index in [1.54, 1.807) is 0 Å². The van der Waals surface area contributed by atoms with Gasteiger partial charge in [-0.25, -0.2) is 0 Å². The molecule has 0 saturated carbocycles. The molecule has 0 heterocycles. The fraction of sp³-hybridized carbons (Fsp3) is 0.182. The predicted octanol–water partition coefficient (Wildman–Crippen LogP) is 5.06. The molecule has 3 nitrogen and oxygen atoms in total. The molecule has 0 bridgehead atoms. The minimum atomic E-state index is 0.518. The Kier molecular flexibility index (Phi) is 5.94. The summed E-state index contributed by atoms with van der Waals surface area (Å²) >= 11 is 0. The number of para-hydroxylation sites is 1. The number of nitrogens with one attached hydrogen (secondary N) is 1. The van der Waals surface area contributed by atoms with Crippen LogP contribution in [0.2, 0.25) is 0 Å². The maximum atomic E-state index is 5.78. The standard InChI is InChI=1S/C22H23NO2/c1-18-10-12-20(13-11-18)23-17-19-6-5-9-22(16-19)25-15-14-24-21-7-3-2-4-8-21/h2-13,16,23H,14-15,17H2,1H3. The Morgan fingerprint density at radius 3 is 2.16 bits per heavy atom. The zero-order valence-electron chi connectivity index (χ0n) is 14.4. The van der Waals surface area contributed by atoms with Gasteiger partial charge in [-0.15, -0.1) is 0 Å². The van der Waals surface area contributed by atoms with E-state index in [0.717, 1.165) is 23.7 Å². The average Bonchev–Trinajstić information content (AvgIpc) is 2.66. The molecule has 128 valence electrons. The fourth-order valence-electron chi connectivity index (χ4n) is 2.46. The van der Waals surface area contributed by atoms with Gasteiger partial charge in [-0.2, -0.15) is 0 Å². The molecule has 0 aliphatic heterocycles. The number of aryl methyl sites for hydroxylation is 1. The number of hydrogen-bond donors (Lipinski definition) is 1. The average molecular weight is 333 g/mol. The van der Waals surface area contributed by atoms with Crippen LogP contribution in [0.25, 0.3) is 0 Å². The van der Waals surface area contributed by atoms with Crippen molar-refractivity contribution in [1.82, 2.24) is 0 Å². The van der Waals surface area contributed by atoms with Gasteiger partial charge < -0.3 is 14.8 Å². The van der Waals surface area contributed by atoms with Crippen LogP contribution in [0.1, 0.15) is 11.1 Å². The molecule has 0 fully saturated rings. The second kappa shape index (κ2) is 8.78. The molecule has 0 aliphatic rings. The van der Waals surface area contributed by atoms with E-state index >= 15 is 0 Å². The summed E-state index contributed by atoms with van der Waals surface area (Å²) in [5, 5.41) is 3.42. The van der Waals surface area contributed by atoms with E-state index in [1.807, 2.05) is 42.5 Å². The topological polar surface area (TPSA) is 30.5 Å². The third-order valence-corrected chi connectivity index (χ3v) is 3.81. The van der Waals surface area contributed by atoms with Crippen molar-refractivity contribution >= 4 is 5.69 Å². The summed E-state index contributed by atoms with van der Waals surface area (Å²) < 4.78 is 11.4. The number of anilines is 1. The molecule has 0 amide bonds. The molecule has 0 atom stereocenters. The summed E-state index contributed by atoms with van der Waals surface area (Å²) in [5.41, 5.74) is 3.56. The van der Waals surface area contributed by atoms with Crippen LogP contribution in [0, 0.1) is 6.92 Å². The molecular formula is C22H23NO2. The van der Waals surface area contributed by atoms with Gasteiger partial charge in [0.15, 0.2) is 0 Å². The second-order valence-electron chi connectivity index (χ2n) is 5.88. The van der Waals surface area contributed by atoms with Gasteiger partial charge in [0.2, 0.25) is 0 Å². The van der Waals surface area contributed by atoms with Crippen molar-refractivity contribution in [3.63, 3.8) is 0 Å². The Bertz CT molecular complexity index is 770. The smallest absolute Gasteiger partial charge is 0.122 e. The monoisotopic (exact) mass is 333 g/mol. The van der Waals surface area contributed by atoms with E-state index in [-0.39, 0.29) is 0 Å². The molecule has 3 rings (SSSR count). The van der Waals surface area contributed by atoms with Crippen molar-refractivity contribution in [2.75, 3.05) is 18.5 Å². The molecular weight excluding hydrogens is 310 g/mol. The largest absolute Gasteiger partial charge is 0.490 e. The number of ether oxygens (including phenoxy) is 2. The van der Waals surface area contributed by atoms with E-state index in [2.05, 4.69) is 48.6 Å². The van der Waals surface area contributed by atoms with E-state index in [4.69, 9.17) is 9.47 Å². The summed E-state index contributed by atoms with van der Waals surface area (Å²) in [7, 11) is 0. The van der Waals surface area contributed by atoms with Crippen molar-refractivity contribution in [3.05, 3.63) is 90.0 Å². The highest BCUT2D eigenvalue weighted by atomic mass is 16.5. The number of rotatable bonds is 8. The molecule has 0 spiro atoms. The first-order chi connectivity index (χ1) is 12.3. The Hall–Kier alpha value is -2.94. The van der Waals surface area contributed by atoms with Crippen molar-refractivity contribution in [2.45, 2.75) is 13.5 Å². The lowest BCUT2D eigenvalue weighted by Gasteiger charge is -2.11. The highest BCUT2D eigenvalue weighted by molar-refractivity contribution is 5.45. The minimum Gasteiger partial charge on any atom is -0.490 e. The van der Waals surface area contributed by atoms with Crippen LogP contribution in [0.15, 0.2) is 78.9 Å². The van der Waals surface area contributed by atoms with Crippen LogP contribution >= 0.6 is 0 Å². The van der Waals surface area contributed by atoms with Crippen molar-refractivity contribution < 1.29 is 9.47 Å². The quantitative estimate of drug-likeness (QED) is 0.584. The van der Waals surface area contributed by atoms with Crippen molar-refractivity contribution in [3.8, 4) is 11.5 Å². The Balaban J connectivity index is 1.45. The Morgan fingerprint density at radius 2 is 1.40 bits per heavy atom. The highest BCUT2D eigenvalue weighted by Gasteiger charge is 1.99. The minimum absolute atomic E-state index is 0.518. The van der Waals surface area contributed by atoms with Crippen molar-refractivity contribution in [2.24, 2.45) is 0 Å². The third kappa shape index (κ3) is 5.57. The zero-order valence-corrected chi connectivity index (χ0v) is 14.4. The van der Waals surface area contributed by atoms with Crippen LogP contribution in [-0.2, 0) is 6.54 Å². The predicted molar refractivity (Wildman–Crippen MR) is 102 cm³/mol. The fourth-order valence-corrected chi connectivity index (χ4v) is 2.46. The van der Waals surface area contributed by atoms with Gasteiger partial charge in [0, 0.05) is 12.2 Å². The first-order valence-electron chi connectivity index (χ1n) is 8.50. The van der Waals surface area contributed by atoms with Gasteiger partial charge >= 0.3 is 0 Å². The van der Waals surface area contributed by atoms with Gasteiger partial charge in [-0.1, -0.05) is 48.0 Å². The number of hydrogen-bond acceptors (Lipinski definition) is 3. The van der Waals surface area contributed by atoms with Crippen molar-refractivity contribution in [1.29, 1.82) is 0 Å². The third-order valence-electron chi connectivity index (χ3n) is 3.81. The SMILES string of the molecule is Cc1ccc(NCc2cccc(OCCOc3ccccc3)c2)cc1. The van der Waals surface area contributed by atoms with Gasteiger partial charge in [-0.3, -0.25) is 0 Å². The molecule has 1 N–H and O–H groups in total. The highest BCUT2D eigenvalue weighted by Crippen LogP contribution is 2.16. The van der Waals surface area contributed by atoms with E-state index in [0.29, 0.717) is 13.2 Å². The van der Waals surface area contributed by atoms with Gasteiger partial charge in [0.05, 0.1) is 0 Å². The molecule has 0 saturated heterocycles. The first-order valence-corrected chi connectivity index (χ1v) is 8.50. The van der Waals surface area contributed by atoms with Crippen LogP contribution in [0.3, 0.4) is 0 Å². The summed E-state index contributed by atoms with van der Waals surface area (Å²) in [6.07, 6.45) is 0. The van der Waals surface area contributed by atoms with Crippen LogP contribution in [-0.4, -0.2) is 13.2 Å². The summed E-state index contributed by atoms with van der Waals surface area (Å²) in [6.45, 7) is 3.90. The lowest BCUT2D eigenvalue weighted by atomic mass is 10.2. The maximum absolute atomic E-state index is 5.78. The number of benzene rings is 3. The van der Waals surface area contributed by atoms with E-state index < -0.39 is 0 Å².